The molecular formula is C18H20N2O3S2. The Bertz CT molecular complexity index is 792. The van der Waals surface area contributed by atoms with Gasteiger partial charge in [0.25, 0.3) is 0 Å². The minimum Gasteiger partial charge on any atom is -0.463 e. The molecule has 0 amide bonds. The van der Waals surface area contributed by atoms with Gasteiger partial charge in [-0.25, -0.2) is 14.8 Å². The summed E-state index contributed by atoms with van der Waals surface area (Å²) in [6.45, 7) is 2.34. The number of furan rings is 1. The molecule has 7 heteroatoms. The minimum absolute atomic E-state index is 0.239. The van der Waals surface area contributed by atoms with Gasteiger partial charge >= 0.3 is 5.97 Å². The molecule has 3 atom stereocenters. The summed E-state index contributed by atoms with van der Waals surface area (Å²) in [5, 5.41) is 2.84. The average molecular weight is 377 g/mol. The number of esters is 1. The van der Waals surface area contributed by atoms with Crippen LogP contribution in [0.25, 0.3) is 0 Å². The first-order chi connectivity index (χ1) is 12.2. The number of hydrogen-bond donors (Lipinski definition) is 0. The standard InChI is InChI=1S/C18H20N2O3S2/c1-10-3-5-12-14(7-10)25-17-15(12)16(19-9-20-17)24-8-11-4-6-13(23-11)18(21)22-2/h4,6,9-10,12,14H,3,5,7-8H2,1-2H3. The van der Waals surface area contributed by atoms with Gasteiger partial charge in [0.2, 0.25) is 5.76 Å². The van der Waals surface area contributed by atoms with Crippen LogP contribution in [0.4, 0.5) is 0 Å². The third kappa shape index (κ3) is 3.31. The molecule has 1 saturated carbocycles. The molecule has 1 aliphatic carbocycles. The summed E-state index contributed by atoms with van der Waals surface area (Å²) in [4.78, 5) is 20.5. The highest BCUT2D eigenvalue weighted by molar-refractivity contribution is 8.00. The number of carbonyl (C=O) groups excluding carboxylic acids is 1. The second-order valence-corrected chi connectivity index (χ2v) is 8.82. The molecule has 2 aliphatic rings. The van der Waals surface area contributed by atoms with Crippen molar-refractivity contribution in [1.82, 2.24) is 9.97 Å². The minimum atomic E-state index is -0.449. The van der Waals surface area contributed by atoms with Crippen molar-refractivity contribution in [3.63, 3.8) is 0 Å². The second kappa shape index (κ2) is 7.03. The van der Waals surface area contributed by atoms with E-state index in [-0.39, 0.29) is 5.76 Å². The lowest BCUT2D eigenvalue weighted by molar-refractivity contribution is 0.0563. The highest BCUT2D eigenvalue weighted by Crippen LogP contribution is 2.54. The first-order valence-electron chi connectivity index (χ1n) is 8.47. The van der Waals surface area contributed by atoms with Gasteiger partial charge in [-0.1, -0.05) is 25.1 Å². The van der Waals surface area contributed by atoms with E-state index in [1.807, 2.05) is 17.8 Å². The fourth-order valence-corrected chi connectivity index (χ4v) is 6.28. The van der Waals surface area contributed by atoms with Crippen LogP contribution >= 0.6 is 23.5 Å². The molecule has 0 aromatic carbocycles. The molecule has 0 radical (unpaired) electrons. The van der Waals surface area contributed by atoms with Crippen molar-refractivity contribution < 1.29 is 13.9 Å². The maximum Gasteiger partial charge on any atom is 0.373 e. The summed E-state index contributed by atoms with van der Waals surface area (Å²) in [5.41, 5.74) is 1.33. The Kier molecular flexibility index (Phi) is 4.78. The number of aromatic nitrogens is 2. The summed E-state index contributed by atoms with van der Waals surface area (Å²) in [6, 6.07) is 3.47. The van der Waals surface area contributed by atoms with E-state index in [1.165, 1.54) is 31.9 Å². The molecule has 4 rings (SSSR count). The maximum atomic E-state index is 11.5. The maximum absolute atomic E-state index is 11.5. The van der Waals surface area contributed by atoms with Crippen molar-refractivity contribution >= 4 is 29.5 Å². The van der Waals surface area contributed by atoms with Crippen LogP contribution < -0.4 is 0 Å². The molecule has 0 N–H and O–H groups in total. The summed E-state index contributed by atoms with van der Waals surface area (Å²) >= 11 is 3.58. The molecule has 2 aromatic rings. The number of nitrogens with zero attached hydrogens (tertiary/aromatic N) is 2. The van der Waals surface area contributed by atoms with Gasteiger partial charge < -0.3 is 9.15 Å². The van der Waals surface area contributed by atoms with E-state index in [9.17, 15) is 4.79 Å². The van der Waals surface area contributed by atoms with Gasteiger partial charge in [0.1, 0.15) is 22.1 Å². The quantitative estimate of drug-likeness (QED) is 0.441. The molecule has 0 saturated heterocycles. The van der Waals surface area contributed by atoms with Gasteiger partial charge in [-0.15, -0.1) is 11.8 Å². The van der Waals surface area contributed by atoms with E-state index < -0.39 is 5.97 Å². The number of methoxy groups -OCH3 is 1. The summed E-state index contributed by atoms with van der Waals surface area (Å²) in [6.07, 6.45) is 5.42. The van der Waals surface area contributed by atoms with Crippen LogP contribution in [0.3, 0.4) is 0 Å². The Morgan fingerprint density at radius 3 is 3.12 bits per heavy atom. The summed E-state index contributed by atoms with van der Waals surface area (Å²) in [5.74, 6) is 2.54. The summed E-state index contributed by atoms with van der Waals surface area (Å²) < 4.78 is 10.2. The van der Waals surface area contributed by atoms with E-state index in [4.69, 9.17) is 4.42 Å². The molecule has 3 unspecified atom stereocenters. The van der Waals surface area contributed by atoms with E-state index >= 15 is 0 Å². The van der Waals surface area contributed by atoms with Crippen LogP contribution in [0.15, 0.2) is 32.9 Å². The van der Waals surface area contributed by atoms with Crippen molar-refractivity contribution in [3.05, 3.63) is 35.5 Å². The Labute approximate surface area is 155 Å². The van der Waals surface area contributed by atoms with E-state index in [0.717, 1.165) is 21.7 Å². The lowest BCUT2D eigenvalue weighted by Gasteiger charge is -2.29. The van der Waals surface area contributed by atoms with Gasteiger partial charge in [-0.05, 0) is 30.9 Å². The molecule has 3 heterocycles. The van der Waals surface area contributed by atoms with Crippen LogP contribution in [0.2, 0.25) is 0 Å². The molecule has 5 nitrogen and oxygen atoms in total. The SMILES string of the molecule is COC(=O)c1ccc(CSc2ncnc3c2C2CCC(C)CC2S3)o1. The fourth-order valence-electron chi connectivity index (χ4n) is 3.63. The monoisotopic (exact) mass is 376 g/mol. The van der Waals surface area contributed by atoms with Crippen LogP contribution in [0.1, 0.15) is 54.0 Å². The van der Waals surface area contributed by atoms with Crippen molar-refractivity contribution in [2.45, 2.75) is 53.2 Å². The predicted molar refractivity (Wildman–Crippen MR) is 97.0 cm³/mol. The molecule has 0 spiro atoms. The fraction of sp³-hybridized carbons (Fsp3) is 0.500. The molecule has 0 bridgehead atoms. The molecule has 1 aliphatic heterocycles. The van der Waals surface area contributed by atoms with Gasteiger partial charge in [0, 0.05) is 16.7 Å². The Morgan fingerprint density at radius 2 is 2.28 bits per heavy atom. The number of ether oxygens (including phenoxy) is 1. The first-order valence-corrected chi connectivity index (χ1v) is 10.3. The third-order valence-corrected chi connectivity index (χ3v) is 7.30. The zero-order valence-electron chi connectivity index (χ0n) is 14.2. The van der Waals surface area contributed by atoms with Crippen molar-refractivity contribution in [1.29, 1.82) is 0 Å². The molecule has 132 valence electrons. The zero-order valence-corrected chi connectivity index (χ0v) is 15.9. The smallest absolute Gasteiger partial charge is 0.373 e. The second-order valence-electron chi connectivity index (χ2n) is 6.62. The lowest BCUT2D eigenvalue weighted by Crippen LogP contribution is -2.21. The normalized spacial score (nSPS) is 24.6. The van der Waals surface area contributed by atoms with Crippen LogP contribution in [0.5, 0.6) is 0 Å². The molecule has 1 fully saturated rings. The van der Waals surface area contributed by atoms with Gasteiger partial charge in [0.05, 0.1) is 12.9 Å². The molecule has 2 aromatic heterocycles. The van der Waals surface area contributed by atoms with Crippen molar-refractivity contribution in [2.24, 2.45) is 5.92 Å². The van der Waals surface area contributed by atoms with E-state index in [2.05, 4.69) is 21.6 Å². The Hall–Kier alpha value is -1.47. The van der Waals surface area contributed by atoms with Crippen molar-refractivity contribution in [2.75, 3.05) is 7.11 Å². The largest absolute Gasteiger partial charge is 0.463 e. The Morgan fingerprint density at radius 1 is 1.40 bits per heavy atom. The van der Waals surface area contributed by atoms with Gasteiger partial charge in [0.15, 0.2) is 0 Å². The summed E-state index contributed by atoms with van der Waals surface area (Å²) in [7, 11) is 1.35. The highest BCUT2D eigenvalue weighted by atomic mass is 32.2. The number of carbonyl (C=O) groups is 1. The highest BCUT2D eigenvalue weighted by Gasteiger charge is 2.40. The zero-order chi connectivity index (χ0) is 17.4. The molecular weight excluding hydrogens is 356 g/mol. The Balaban J connectivity index is 1.51. The number of rotatable bonds is 4. The first kappa shape index (κ1) is 17.0. The van der Waals surface area contributed by atoms with E-state index in [1.54, 1.807) is 24.2 Å². The van der Waals surface area contributed by atoms with E-state index in [0.29, 0.717) is 16.9 Å². The topological polar surface area (TPSA) is 65.2 Å². The lowest BCUT2D eigenvalue weighted by atomic mass is 9.80. The third-order valence-electron chi connectivity index (χ3n) is 4.90. The van der Waals surface area contributed by atoms with Crippen LogP contribution in [0, 0.1) is 5.92 Å². The number of fused-ring (bicyclic) bond motifs is 3. The van der Waals surface area contributed by atoms with Crippen LogP contribution in [-0.4, -0.2) is 28.3 Å². The average Bonchev–Trinajstić information content (AvgIpc) is 3.23. The van der Waals surface area contributed by atoms with Gasteiger partial charge in [-0.2, -0.15) is 0 Å². The number of hydrogen-bond acceptors (Lipinski definition) is 7. The van der Waals surface area contributed by atoms with Gasteiger partial charge in [-0.3, -0.25) is 0 Å². The van der Waals surface area contributed by atoms with Crippen LogP contribution in [-0.2, 0) is 10.5 Å². The molecule has 25 heavy (non-hydrogen) atoms. The predicted octanol–water partition coefficient (Wildman–Crippen LogP) is 4.53. The number of thioether (sulfide) groups is 2. The van der Waals surface area contributed by atoms with Crippen molar-refractivity contribution in [3.8, 4) is 0 Å².